The third kappa shape index (κ3) is 4.17. The number of ether oxygens (including phenoxy) is 1. The lowest BCUT2D eigenvalue weighted by atomic mass is 10.1. The fourth-order valence-electron chi connectivity index (χ4n) is 3.87. The fraction of sp³-hybridized carbons (Fsp3) is 0.350. The van der Waals surface area contributed by atoms with Crippen LogP contribution < -0.4 is 10.0 Å². The SMILES string of the molecule is Cc1[nH]c2nc(-c3ccnc4[nH]ccc34)nc(N3CCOCC3C)c2c1C.NS(=O)[O-]. The van der Waals surface area contributed by atoms with E-state index in [1.54, 1.807) is 6.20 Å². The third-order valence-electron chi connectivity index (χ3n) is 5.47. The number of hydrogen-bond donors (Lipinski definition) is 3. The molecule has 0 aliphatic carbocycles. The van der Waals surface area contributed by atoms with E-state index in [9.17, 15) is 0 Å². The molecule has 5 heterocycles. The fourth-order valence-corrected chi connectivity index (χ4v) is 3.87. The number of aromatic nitrogens is 5. The maximum absolute atomic E-state index is 8.78. The van der Waals surface area contributed by atoms with Crippen molar-refractivity contribution in [3.05, 3.63) is 35.8 Å². The second kappa shape index (κ2) is 8.71. The van der Waals surface area contributed by atoms with Crippen molar-refractivity contribution in [2.75, 3.05) is 24.7 Å². The van der Waals surface area contributed by atoms with Gasteiger partial charge in [-0.2, -0.15) is 0 Å². The van der Waals surface area contributed by atoms with Crippen molar-refractivity contribution in [1.82, 2.24) is 24.9 Å². The number of hydrogen-bond acceptors (Lipinski definition) is 7. The maximum atomic E-state index is 8.78. The highest BCUT2D eigenvalue weighted by Crippen LogP contribution is 2.34. The molecule has 2 unspecified atom stereocenters. The molecule has 10 nitrogen and oxygen atoms in total. The van der Waals surface area contributed by atoms with Gasteiger partial charge in [0.1, 0.15) is 17.1 Å². The molecule has 0 radical (unpaired) electrons. The normalized spacial score (nSPS) is 17.6. The minimum Gasteiger partial charge on any atom is -0.760 e. The Hall–Kier alpha value is -2.86. The third-order valence-corrected chi connectivity index (χ3v) is 5.47. The number of pyridine rings is 1. The molecule has 0 spiro atoms. The molecule has 1 saturated heterocycles. The van der Waals surface area contributed by atoms with Crippen LogP contribution in [0.1, 0.15) is 18.2 Å². The van der Waals surface area contributed by atoms with Gasteiger partial charge < -0.3 is 24.2 Å². The zero-order chi connectivity index (χ0) is 22.1. The second-order valence-electron chi connectivity index (χ2n) is 7.45. The first-order valence-electron chi connectivity index (χ1n) is 9.84. The number of fused-ring (bicyclic) bond motifs is 2. The monoisotopic (exact) mass is 442 g/mol. The summed E-state index contributed by atoms with van der Waals surface area (Å²) in [5, 5.41) is 6.15. The first-order valence-corrected chi connectivity index (χ1v) is 11.0. The van der Waals surface area contributed by atoms with Crippen molar-refractivity contribution >= 4 is 39.2 Å². The number of morpholine rings is 1. The van der Waals surface area contributed by atoms with Gasteiger partial charge in [0, 0.05) is 46.8 Å². The standard InChI is InChI=1S/C20H22N6O.H3NO2S/c1-11-10-27-9-8-26(11)20-16-12(2)13(3)23-19(16)24-18(25-20)15-5-7-22-17-14(15)4-6-21-17;1-4(2)3/h4-7,11H,8-10H2,1-3H3,(H,21,22)(H,23,24,25);1H2,(H,2,3)/p-1. The molecule has 1 fully saturated rings. The molecule has 1 aliphatic heterocycles. The number of nitrogens with two attached hydrogens (primary N) is 1. The second-order valence-corrected chi connectivity index (χ2v) is 7.97. The summed E-state index contributed by atoms with van der Waals surface area (Å²) in [6, 6.07) is 4.27. The van der Waals surface area contributed by atoms with Crippen LogP contribution in [-0.4, -0.2) is 59.5 Å². The number of aromatic amines is 2. The highest BCUT2D eigenvalue weighted by Gasteiger charge is 2.26. The Kier molecular flexibility index (Phi) is 6.01. The van der Waals surface area contributed by atoms with Gasteiger partial charge in [-0.25, -0.2) is 15.0 Å². The quantitative estimate of drug-likeness (QED) is 0.402. The summed E-state index contributed by atoms with van der Waals surface area (Å²) in [5.74, 6) is 1.69. The summed E-state index contributed by atoms with van der Waals surface area (Å²) >= 11 is -2.36. The molecule has 4 aromatic rings. The first kappa shape index (κ1) is 21.4. The van der Waals surface area contributed by atoms with E-state index in [1.165, 1.54) is 5.56 Å². The van der Waals surface area contributed by atoms with Crippen LogP contribution in [0.25, 0.3) is 33.5 Å². The summed E-state index contributed by atoms with van der Waals surface area (Å²) < 4.78 is 23.2. The predicted molar refractivity (Wildman–Crippen MR) is 119 cm³/mol. The Labute approximate surface area is 181 Å². The zero-order valence-electron chi connectivity index (χ0n) is 17.5. The molecular weight excluding hydrogens is 418 g/mol. The van der Waals surface area contributed by atoms with Crippen molar-refractivity contribution in [3.8, 4) is 11.4 Å². The van der Waals surface area contributed by atoms with Gasteiger partial charge in [-0.05, 0) is 38.5 Å². The van der Waals surface area contributed by atoms with Gasteiger partial charge in [0.25, 0.3) is 0 Å². The van der Waals surface area contributed by atoms with Gasteiger partial charge in [-0.3, -0.25) is 9.35 Å². The summed E-state index contributed by atoms with van der Waals surface area (Å²) in [4.78, 5) is 23.2. The lowest BCUT2D eigenvalue weighted by molar-refractivity contribution is 0.0987. The maximum Gasteiger partial charge on any atom is 0.164 e. The van der Waals surface area contributed by atoms with Crippen LogP contribution in [0.5, 0.6) is 0 Å². The molecule has 4 aromatic heterocycles. The molecule has 164 valence electrons. The van der Waals surface area contributed by atoms with Gasteiger partial charge in [-0.15, -0.1) is 0 Å². The summed E-state index contributed by atoms with van der Waals surface area (Å²) in [7, 11) is 0. The van der Waals surface area contributed by atoms with Crippen LogP contribution in [0.3, 0.4) is 0 Å². The summed E-state index contributed by atoms with van der Waals surface area (Å²) in [6.45, 7) is 8.64. The van der Waals surface area contributed by atoms with Crippen molar-refractivity contribution in [2.24, 2.45) is 5.14 Å². The van der Waals surface area contributed by atoms with Gasteiger partial charge in [-0.1, -0.05) is 0 Å². The molecule has 1 aliphatic rings. The number of nitrogens with zero attached hydrogens (tertiary/aromatic N) is 4. The van der Waals surface area contributed by atoms with E-state index >= 15 is 0 Å². The highest BCUT2D eigenvalue weighted by atomic mass is 32.2. The van der Waals surface area contributed by atoms with Crippen LogP contribution in [0.15, 0.2) is 24.5 Å². The first-order chi connectivity index (χ1) is 14.9. The van der Waals surface area contributed by atoms with E-state index in [4.69, 9.17) is 23.5 Å². The predicted octanol–water partition coefficient (Wildman–Crippen LogP) is 2.08. The molecular formula is C20H24N7O3S-. The number of aryl methyl sites for hydroxylation is 2. The van der Waals surface area contributed by atoms with Gasteiger partial charge in [0.05, 0.1) is 24.6 Å². The average Bonchev–Trinajstić information content (AvgIpc) is 3.32. The molecule has 4 N–H and O–H groups in total. The van der Waals surface area contributed by atoms with E-state index in [1.807, 2.05) is 18.3 Å². The van der Waals surface area contributed by atoms with E-state index in [2.05, 4.69) is 45.8 Å². The van der Waals surface area contributed by atoms with Crippen LogP contribution in [-0.2, 0) is 16.0 Å². The van der Waals surface area contributed by atoms with Crippen LogP contribution in [0, 0.1) is 13.8 Å². The van der Waals surface area contributed by atoms with Crippen LogP contribution in [0.4, 0.5) is 5.82 Å². The molecule has 2 atom stereocenters. The lowest BCUT2D eigenvalue weighted by Gasteiger charge is -2.34. The van der Waals surface area contributed by atoms with Crippen LogP contribution in [0.2, 0.25) is 0 Å². The van der Waals surface area contributed by atoms with Gasteiger partial charge in [0.2, 0.25) is 0 Å². The van der Waals surface area contributed by atoms with E-state index in [-0.39, 0.29) is 6.04 Å². The Morgan fingerprint density at radius 1 is 1.29 bits per heavy atom. The van der Waals surface area contributed by atoms with E-state index in [0.717, 1.165) is 45.7 Å². The number of H-pyrrole nitrogens is 2. The smallest absolute Gasteiger partial charge is 0.164 e. The molecule has 0 amide bonds. The van der Waals surface area contributed by atoms with E-state index in [0.29, 0.717) is 19.0 Å². The largest absolute Gasteiger partial charge is 0.760 e. The molecule has 31 heavy (non-hydrogen) atoms. The number of nitrogens with one attached hydrogen (secondary N) is 2. The van der Waals surface area contributed by atoms with Gasteiger partial charge in [0.15, 0.2) is 5.82 Å². The van der Waals surface area contributed by atoms with Crippen molar-refractivity contribution in [1.29, 1.82) is 0 Å². The summed E-state index contributed by atoms with van der Waals surface area (Å²) in [6.07, 6.45) is 3.69. The summed E-state index contributed by atoms with van der Waals surface area (Å²) in [5.41, 5.74) is 5.03. The molecule has 0 bridgehead atoms. The Balaban J connectivity index is 0.000000535. The lowest BCUT2D eigenvalue weighted by Crippen LogP contribution is -2.44. The molecule has 0 saturated carbocycles. The van der Waals surface area contributed by atoms with Gasteiger partial charge >= 0.3 is 0 Å². The van der Waals surface area contributed by atoms with Crippen LogP contribution >= 0.6 is 0 Å². The molecule has 11 heteroatoms. The highest BCUT2D eigenvalue weighted by molar-refractivity contribution is 7.76. The zero-order valence-corrected chi connectivity index (χ0v) is 18.3. The molecule has 5 rings (SSSR count). The van der Waals surface area contributed by atoms with Crippen molar-refractivity contribution < 1.29 is 13.5 Å². The Morgan fingerprint density at radius 3 is 2.81 bits per heavy atom. The van der Waals surface area contributed by atoms with E-state index < -0.39 is 11.3 Å². The molecule has 0 aromatic carbocycles. The Morgan fingerprint density at radius 2 is 2.06 bits per heavy atom. The van der Waals surface area contributed by atoms with Crippen molar-refractivity contribution in [3.63, 3.8) is 0 Å². The minimum atomic E-state index is -2.36. The minimum absolute atomic E-state index is 0.268. The Bertz CT molecular complexity index is 1250. The topological polar surface area (TPSA) is 149 Å². The van der Waals surface area contributed by atoms with Crippen molar-refractivity contribution in [2.45, 2.75) is 26.8 Å². The number of rotatable bonds is 2. The average molecular weight is 443 g/mol. The number of anilines is 1.